The summed E-state index contributed by atoms with van der Waals surface area (Å²) in [6, 6.07) is 4.33. The molecule has 2 amide bonds. The van der Waals surface area contributed by atoms with E-state index in [4.69, 9.17) is 5.73 Å². The van der Waals surface area contributed by atoms with Crippen molar-refractivity contribution >= 4 is 11.8 Å². The number of nitrogens with zero attached hydrogens (tertiary/aromatic N) is 1. The number of nitrogens with one attached hydrogen (secondary N) is 1. The number of hydrogen-bond donors (Lipinski definition) is 4. The highest BCUT2D eigenvalue weighted by molar-refractivity contribution is 5.93. The molecule has 2 atom stereocenters. The highest BCUT2D eigenvalue weighted by atomic mass is 16.4. The normalized spacial score (nSPS) is 15.7. The summed E-state index contributed by atoms with van der Waals surface area (Å²) in [6.07, 6.45) is -0.722. The molecule has 0 fully saturated rings. The van der Waals surface area contributed by atoms with E-state index in [1.54, 1.807) is 6.07 Å². The third-order valence-corrected chi connectivity index (χ3v) is 2.32. The topological polar surface area (TPSA) is 126 Å². The lowest BCUT2D eigenvalue weighted by Gasteiger charge is -2.27. The van der Waals surface area contributed by atoms with Crippen LogP contribution in [0, 0.1) is 0 Å². The van der Waals surface area contributed by atoms with Crippen molar-refractivity contribution in [3.05, 3.63) is 30.1 Å². The van der Waals surface area contributed by atoms with E-state index >= 15 is 0 Å². The molecule has 0 radical (unpaired) electrons. The second kappa shape index (κ2) is 4.89. The Morgan fingerprint density at radius 3 is 2.59 bits per heavy atom. The van der Waals surface area contributed by atoms with Crippen LogP contribution in [-0.2, 0) is 15.2 Å². The molecule has 0 bridgehead atoms. The predicted molar refractivity (Wildman–Crippen MR) is 57.4 cm³/mol. The van der Waals surface area contributed by atoms with Crippen LogP contribution in [-0.4, -0.2) is 40.2 Å². The van der Waals surface area contributed by atoms with Gasteiger partial charge in [-0.05, 0) is 12.1 Å². The number of amides is 2. The van der Waals surface area contributed by atoms with E-state index in [1.165, 1.54) is 25.4 Å². The van der Waals surface area contributed by atoms with Crippen LogP contribution in [0.25, 0.3) is 0 Å². The van der Waals surface area contributed by atoms with E-state index in [2.05, 4.69) is 10.3 Å². The van der Waals surface area contributed by atoms with Gasteiger partial charge in [0.05, 0.1) is 5.69 Å². The van der Waals surface area contributed by atoms with E-state index in [0.717, 1.165) is 0 Å². The van der Waals surface area contributed by atoms with Crippen LogP contribution in [0.4, 0.5) is 0 Å². The number of likely N-dealkylation sites (N-methyl/N-ethyl adjacent to an activating group) is 1. The summed E-state index contributed by atoms with van der Waals surface area (Å²) in [5.41, 5.74) is 2.28. The quantitative estimate of drug-likeness (QED) is 0.477. The molecule has 17 heavy (non-hydrogen) atoms. The van der Waals surface area contributed by atoms with Gasteiger partial charge in [0.15, 0.2) is 6.10 Å². The average Bonchev–Trinajstić information content (AvgIpc) is 2.36. The Morgan fingerprint density at radius 1 is 1.53 bits per heavy atom. The number of hydrogen-bond acceptors (Lipinski definition) is 5. The van der Waals surface area contributed by atoms with Gasteiger partial charge in [-0.3, -0.25) is 14.6 Å². The lowest BCUT2D eigenvalue weighted by atomic mass is 9.90. The fourth-order valence-corrected chi connectivity index (χ4v) is 1.32. The molecular weight excluding hydrogens is 226 g/mol. The Hall–Kier alpha value is -1.99. The zero-order valence-electron chi connectivity index (χ0n) is 9.12. The van der Waals surface area contributed by atoms with Crippen molar-refractivity contribution in [3.63, 3.8) is 0 Å². The molecule has 92 valence electrons. The fraction of sp³-hybridized carbons (Fsp3) is 0.300. The number of aromatic nitrogens is 1. The summed E-state index contributed by atoms with van der Waals surface area (Å²) in [6.45, 7) is 0. The van der Waals surface area contributed by atoms with E-state index < -0.39 is 23.5 Å². The van der Waals surface area contributed by atoms with Crippen molar-refractivity contribution in [2.24, 2.45) is 5.73 Å². The van der Waals surface area contributed by atoms with Crippen LogP contribution >= 0.6 is 0 Å². The molecule has 1 rings (SSSR count). The van der Waals surface area contributed by atoms with E-state index in [9.17, 15) is 19.8 Å². The second-order valence-corrected chi connectivity index (χ2v) is 3.36. The minimum atomic E-state index is -2.55. The molecule has 0 aliphatic carbocycles. The van der Waals surface area contributed by atoms with Crippen molar-refractivity contribution in [1.82, 2.24) is 10.3 Å². The molecule has 1 heterocycles. The summed E-state index contributed by atoms with van der Waals surface area (Å²) >= 11 is 0. The summed E-state index contributed by atoms with van der Waals surface area (Å²) in [5, 5.41) is 21.9. The largest absolute Gasteiger partial charge is 0.379 e. The highest BCUT2D eigenvalue weighted by Crippen LogP contribution is 2.23. The highest BCUT2D eigenvalue weighted by Gasteiger charge is 2.48. The molecule has 0 saturated heterocycles. The van der Waals surface area contributed by atoms with Crippen molar-refractivity contribution in [1.29, 1.82) is 0 Å². The SMILES string of the molecule is CNC(=O)C(O)C(O)(C(N)=O)c1ccccn1. The summed E-state index contributed by atoms with van der Waals surface area (Å²) < 4.78 is 0. The van der Waals surface area contributed by atoms with Crippen molar-refractivity contribution < 1.29 is 19.8 Å². The van der Waals surface area contributed by atoms with E-state index in [0.29, 0.717) is 0 Å². The van der Waals surface area contributed by atoms with Gasteiger partial charge < -0.3 is 21.3 Å². The molecule has 0 aromatic carbocycles. The van der Waals surface area contributed by atoms with Gasteiger partial charge in [0.1, 0.15) is 0 Å². The van der Waals surface area contributed by atoms with Crippen LogP contribution in [0.2, 0.25) is 0 Å². The monoisotopic (exact) mass is 239 g/mol. The van der Waals surface area contributed by atoms with Crippen molar-refractivity contribution in [2.45, 2.75) is 11.7 Å². The Kier molecular flexibility index (Phi) is 3.77. The van der Waals surface area contributed by atoms with Gasteiger partial charge in [-0.15, -0.1) is 0 Å². The molecule has 7 heteroatoms. The first-order valence-electron chi connectivity index (χ1n) is 4.78. The average molecular weight is 239 g/mol. The molecule has 2 unspecified atom stereocenters. The van der Waals surface area contributed by atoms with Gasteiger partial charge in [-0.1, -0.05) is 6.07 Å². The second-order valence-electron chi connectivity index (χ2n) is 3.36. The van der Waals surface area contributed by atoms with Crippen LogP contribution in [0.3, 0.4) is 0 Å². The van der Waals surface area contributed by atoms with Gasteiger partial charge in [0.25, 0.3) is 11.8 Å². The van der Waals surface area contributed by atoms with Crippen LogP contribution < -0.4 is 11.1 Å². The van der Waals surface area contributed by atoms with Crippen molar-refractivity contribution in [2.75, 3.05) is 7.05 Å². The summed E-state index contributed by atoms with van der Waals surface area (Å²) in [5.74, 6) is -2.19. The number of aliphatic hydroxyl groups is 2. The molecule has 0 aliphatic rings. The number of pyridine rings is 1. The van der Waals surface area contributed by atoms with Gasteiger partial charge in [-0.2, -0.15) is 0 Å². The van der Waals surface area contributed by atoms with Gasteiger partial charge in [-0.25, -0.2) is 0 Å². The molecule has 7 nitrogen and oxygen atoms in total. The zero-order chi connectivity index (χ0) is 13.1. The number of primary amides is 1. The van der Waals surface area contributed by atoms with E-state index in [-0.39, 0.29) is 5.69 Å². The Labute approximate surface area is 97.3 Å². The maximum atomic E-state index is 11.3. The first kappa shape index (κ1) is 13.1. The Balaban J connectivity index is 3.24. The summed E-state index contributed by atoms with van der Waals surface area (Å²) in [7, 11) is 1.26. The molecule has 1 aromatic rings. The number of carbonyl (C=O) groups excluding carboxylic acids is 2. The lowest BCUT2D eigenvalue weighted by molar-refractivity contribution is -0.162. The maximum Gasteiger partial charge on any atom is 0.259 e. The van der Waals surface area contributed by atoms with E-state index in [1.807, 2.05) is 0 Å². The third-order valence-electron chi connectivity index (χ3n) is 2.32. The summed E-state index contributed by atoms with van der Waals surface area (Å²) in [4.78, 5) is 26.3. The Morgan fingerprint density at radius 2 is 2.18 bits per heavy atom. The number of aliphatic hydroxyl groups excluding tert-OH is 1. The third kappa shape index (κ3) is 2.24. The predicted octanol–water partition coefficient (Wildman–Crippen LogP) is -2.14. The first-order chi connectivity index (χ1) is 7.94. The zero-order valence-corrected chi connectivity index (χ0v) is 9.12. The van der Waals surface area contributed by atoms with Gasteiger partial charge in [0.2, 0.25) is 5.60 Å². The fourth-order valence-electron chi connectivity index (χ4n) is 1.32. The van der Waals surface area contributed by atoms with Crippen molar-refractivity contribution in [3.8, 4) is 0 Å². The lowest BCUT2D eigenvalue weighted by Crippen LogP contribution is -2.56. The molecule has 0 spiro atoms. The Bertz CT molecular complexity index is 423. The van der Waals surface area contributed by atoms with Crippen LogP contribution in [0.5, 0.6) is 0 Å². The minimum absolute atomic E-state index is 0.191. The standard InChI is InChI=1S/C10H13N3O4/c1-12-8(15)7(14)10(17,9(11)16)6-4-2-3-5-13-6/h2-5,7,14,17H,1H3,(H2,11,16)(H,12,15). The maximum absolute atomic E-state index is 11.3. The smallest absolute Gasteiger partial charge is 0.259 e. The molecular formula is C10H13N3O4. The van der Waals surface area contributed by atoms with Crippen LogP contribution in [0.15, 0.2) is 24.4 Å². The first-order valence-corrected chi connectivity index (χ1v) is 4.78. The van der Waals surface area contributed by atoms with Gasteiger partial charge >= 0.3 is 0 Å². The minimum Gasteiger partial charge on any atom is -0.379 e. The molecule has 0 saturated carbocycles. The number of rotatable bonds is 4. The molecule has 0 aliphatic heterocycles. The number of carbonyl (C=O) groups is 2. The molecule has 1 aromatic heterocycles. The van der Waals surface area contributed by atoms with Crippen LogP contribution in [0.1, 0.15) is 5.69 Å². The number of nitrogens with two attached hydrogens (primary N) is 1. The molecule has 5 N–H and O–H groups in total. The van der Waals surface area contributed by atoms with Gasteiger partial charge in [0, 0.05) is 13.2 Å².